The van der Waals surface area contributed by atoms with E-state index in [2.05, 4.69) is 31.0 Å². The third kappa shape index (κ3) is 4.68. The first-order chi connectivity index (χ1) is 8.08. The Kier molecular flexibility index (Phi) is 6.67. The van der Waals surface area contributed by atoms with E-state index < -0.39 is 10.8 Å². The molecule has 0 aromatic rings. The third-order valence-corrected chi connectivity index (χ3v) is 5.05. The van der Waals surface area contributed by atoms with Crippen LogP contribution in [0.25, 0.3) is 0 Å². The van der Waals surface area contributed by atoms with Crippen molar-refractivity contribution >= 4 is 10.8 Å². The zero-order valence-corrected chi connectivity index (χ0v) is 12.6. The highest BCUT2D eigenvalue weighted by molar-refractivity contribution is 7.84. The van der Waals surface area contributed by atoms with Gasteiger partial charge in [-0.15, -0.1) is 0 Å². The van der Waals surface area contributed by atoms with Crippen molar-refractivity contribution in [2.75, 3.05) is 31.1 Å². The number of hydrogen-bond acceptors (Lipinski definition) is 3. The largest absolute Gasteiger partial charge is 0.311 e. The number of nitrogens with one attached hydrogen (secondary N) is 1. The minimum atomic E-state index is -0.630. The Morgan fingerprint density at radius 3 is 2.65 bits per heavy atom. The van der Waals surface area contributed by atoms with Crippen LogP contribution in [0.5, 0.6) is 0 Å². The normalized spacial score (nSPS) is 28.5. The van der Waals surface area contributed by atoms with Crippen molar-refractivity contribution in [2.24, 2.45) is 5.92 Å². The van der Waals surface area contributed by atoms with Crippen LogP contribution in [0.2, 0.25) is 0 Å². The molecule has 0 aromatic carbocycles. The van der Waals surface area contributed by atoms with Gasteiger partial charge in [-0.1, -0.05) is 27.7 Å². The van der Waals surface area contributed by atoms with E-state index in [1.165, 1.54) is 6.42 Å². The predicted octanol–water partition coefficient (Wildman–Crippen LogP) is 1.46. The van der Waals surface area contributed by atoms with E-state index in [4.69, 9.17) is 0 Å². The van der Waals surface area contributed by atoms with Gasteiger partial charge in [-0.2, -0.15) is 0 Å². The molecule has 0 saturated carbocycles. The second-order valence-electron chi connectivity index (χ2n) is 5.25. The Balaban J connectivity index is 2.48. The molecule has 0 aliphatic carbocycles. The second kappa shape index (κ2) is 7.49. The Labute approximate surface area is 109 Å². The molecule has 0 spiro atoms. The van der Waals surface area contributed by atoms with Crippen molar-refractivity contribution in [1.82, 2.24) is 10.2 Å². The lowest BCUT2D eigenvalue weighted by Gasteiger charge is -2.41. The first-order valence-corrected chi connectivity index (χ1v) is 8.39. The van der Waals surface area contributed by atoms with Gasteiger partial charge in [-0.3, -0.25) is 9.11 Å². The SMILES string of the molecule is CCC1CNC(C(C)C)CN1CCS(=O)CC. The molecule has 0 aromatic heterocycles. The van der Waals surface area contributed by atoms with E-state index in [9.17, 15) is 4.21 Å². The fourth-order valence-corrected chi connectivity index (χ4v) is 3.10. The molecule has 1 fully saturated rings. The Bertz CT molecular complexity index is 246. The van der Waals surface area contributed by atoms with Gasteiger partial charge in [0.05, 0.1) is 0 Å². The summed E-state index contributed by atoms with van der Waals surface area (Å²) in [6, 6.07) is 1.21. The first-order valence-electron chi connectivity index (χ1n) is 6.90. The fourth-order valence-electron chi connectivity index (χ4n) is 2.37. The Hall–Kier alpha value is 0.0700. The molecular weight excluding hydrogens is 232 g/mol. The molecule has 3 unspecified atom stereocenters. The first kappa shape index (κ1) is 15.1. The fraction of sp³-hybridized carbons (Fsp3) is 1.00. The summed E-state index contributed by atoms with van der Waals surface area (Å²) in [6.45, 7) is 12.0. The minimum absolute atomic E-state index is 0.591. The van der Waals surface area contributed by atoms with Crippen LogP contribution in [0.1, 0.15) is 34.1 Å². The van der Waals surface area contributed by atoms with Crippen molar-refractivity contribution in [3.05, 3.63) is 0 Å². The van der Waals surface area contributed by atoms with E-state index >= 15 is 0 Å². The van der Waals surface area contributed by atoms with Crippen LogP contribution in [0.3, 0.4) is 0 Å². The number of rotatable bonds is 6. The molecule has 1 N–H and O–H groups in total. The molecule has 4 heteroatoms. The van der Waals surface area contributed by atoms with Crippen molar-refractivity contribution in [3.8, 4) is 0 Å². The van der Waals surface area contributed by atoms with Crippen molar-refractivity contribution < 1.29 is 4.21 Å². The smallest absolute Gasteiger partial charge is 0.0362 e. The van der Waals surface area contributed by atoms with Crippen LogP contribution in [0.4, 0.5) is 0 Å². The highest BCUT2D eigenvalue weighted by Crippen LogP contribution is 2.14. The summed E-state index contributed by atoms with van der Waals surface area (Å²) >= 11 is 0. The lowest BCUT2D eigenvalue weighted by molar-refractivity contribution is 0.117. The van der Waals surface area contributed by atoms with E-state index in [-0.39, 0.29) is 0 Å². The van der Waals surface area contributed by atoms with Crippen molar-refractivity contribution in [1.29, 1.82) is 0 Å². The molecule has 0 bridgehead atoms. The molecule has 1 heterocycles. The molecule has 0 amide bonds. The van der Waals surface area contributed by atoms with Crippen LogP contribution < -0.4 is 5.32 Å². The van der Waals surface area contributed by atoms with Gasteiger partial charge in [-0.05, 0) is 12.3 Å². The molecule has 3 atom stereocenters. The maximum Gasteiger partial charge on any atom is 0.0362 e. The summed E-state index contributed by atoms with van der Waals surface area (Å²) in [5.41, 5.74) is 0. The van der Waals surface area contributed by atoms with Crippen LogP contribution in [-0.2, 0) is 10.8 Å². The van der Waals surface area contributed by atoms with Crippen molar-refractivity contribution in [3.63, 3.8) is 0 Å². The van der Waals surface area contributed by atoms with Crippen molar-refractivity contribution in [2.45, 2.75) is 46.2 Å². The highest BCUT2D eigenvalue weighted by atomic mass is 32.2. The second-order valence-corrected chi connectivity index (χ2v) is 7.11. The maximum absolute atomic E-state index is 11.5. The Morgan fingerprint density at radius 2 is 2.12 bits per heavy atom. The Morgan fingerprint density at radius 1 is 1.41 bits per heavy atom. The number of nitrogens with zero attached hydrogens (tertiary/aromatic N) is 1. The molecule has 1 aliphatic heterocycles. The predicted molar refractivity (Wildman–Crippen MR) is 75.8 cm³/mol. The monoisotopic (exact) mass is 260 g/mol. The van der Waals surface area contributed by atoms with Gasteiger partial charge < -0.3 is 5.32 Å². The lowest BCUT2D eigenvalue weighted by atomic mass is 9.98. The lowest BCUT2D eigenvalue weighted by Crippen LogP contribution is -2.58. The zero-order valence-electron chi connectivity index (χ0n) is 11.7. The standard InChI is InChI=1S/C13H28N2OS/c1-5-12-9-14-13(11(3)4)10-15(12)7-8-17(16)6-2/h11-14H,5-10H2,1-4H3. The van der Waals surface area contributed by atoms with Gasteiger partial charge >= 0.3 is 0 Å². The van der Waals surface area contributed by atoms with Crippen LogP contribution in [0, 0.1) is 5.92 Å². The van der Waals surface area contributed by atoms with Gasteiger partial charge in [0, 0.05) is 54.0 Å². The van der Waals surface area contributed by atoms with Gasteiger partial charge in [0.1, 0.15) is 0 Å². The van der Waals surface area contributed by atoms with Gasteiger partial charge in [0.15, 0.2) is 0 Å². The van der Waals surface area contributed by atoms with E-state index in [0.717, 1.165) is 31.1 Å². The molecule has 1 saturated heterocycles. The van der Waals surface area contributed by atoms with Gasteiger partial charge in [-0.25, -0.2) is 0 Å². The highest BCUT2D eigenvalue weighted by Gasteiger charge is 2.27. The summed E-state index contributed by atoms with van der Waals surface area (Å²) < 4.78 is 11.5. The summed E-state index contributed by atoms with van der Waals surface area (Å²) in [5, 5.41) is 3.63. The number of hydrogen-bond donors (Lipinski definition) is 1. The van der Waals surface area contributed by atoms with Gasteiger partial charge in [0.2, 0.25) is 0 Å². The van der Waals surface area contributed by atoms with Gasteiger partial charge in [0.25, 0.3) is 0 Å². The number of piperazine rings is 1. The van der Waals surface area contributed by atoms with Crippen LogP contribution in [0.15, 0.2) is 0 Å². The molecule has 102 valence electrons. The average Bonchev–Trinajstić information content (AvgIpc) is 2.35. The van der Waals surface area contributed by atoms with Crippen LogP contribution >= 0.6 is 0 Å². The summed E-state index contributed by atoms with van der Waals surface area (Å²) in [6.07, 6.45) is 1.18. The topological polar surface area (TPSA) is 32.3 Å². The molecule has 1 rings (SSSR count). The summed E-state index contributed by atoms with van der Waals surface area (Å²) in [7, 11) is -0.630. The molecule has 0 radical (unpaired) electrons. The molecule has 1 aliphatic rings. The van der Waals surface area contributed by atoms with E-state index in [1.54, 1.807) is 0 Å². The molecule has 3 nitrogen and oxygen atoms in total. The molecule has 17 heavy (non-hydrogen) atoms. The summed E-state index contributed by atoms with van der Waals surface area (Å²) in [5.74, 6) is 2.29. The molecular formula is C13H28N2OS. The maximum atomic E-state index is 11.5. The quantitative estimate of drug-likeness (QED) is 0.785. The summed E-state index contributed by atoms with van der Waals surface area (Å²) in [4.78, 5) is 2.54. The minimum Gasteiger partial charge on any atom is -0.311 e. The average molecular weight is 260 g/mol. The zero-order chi connectivity index (χ0) is 12.8. The van der Waals surface area contributed by atoms with E-state index in [1.807, 2.05) is 6.92 Å². The third-order valence-electron chi connectivity index (χ3n) is 3.77. The van der Waals surface area contributed by atoms with E-state index in [0.29, 0.717) is 18.0 Å². The van der Waals surface area contributed by atoms with Crippen LogP contribution in [-0.4, -0.2) is 52.3 Å².